The maximum Gasteiger partial charge on any atom is 0.0721 e. The fraction of sp³-hybridized carbons (Fsp3) is 0.290. The lowest BCUT2D eigenvalue weighted by atomic mass is 9.99. The van der Waals surface area contributed by atoms with Crippen molar-refractivity contribution in [3.8, 4) is 11.1 Å². The van der Waals surface area contributed by atoms with E-state index in [2.05, 4.69) is 98.5 Å². The first-order valence-corrected chi connectivity index (χ1v) is 11.9. The van der Waals surface area contributed by atoms with Gasteiger partial charge < -0.3 is 4.74 Å². The molecule has 32 heavy (non-hydrogen) atoms. The first-order chi connectivity index (χ1) is 15.8. The molecule has 0 unspecified atom stereocenters. The Kier molecular flexibility index (Phi) is 10.0. The van der Waals surface area contributed by atoms with E-state index in [1.54, 1.807) is 0 Å². The molecule has 0 spiro atoms. The predicted octanol–water partition coefficient (Wildman–Crippen LogP) is 8.13. The summed E-state index contributed by atoms with van der Waals surface area (Å²) in [6, 6.07) is 26.8. The van der Waals surface area contributed by atoms with Gasteiger partial charge in [-0.05, 0) is 71.9 Å². The second-order valence-corrected chi connectivity index (χ2v) is 8.29. The lowest BCUT2D eigenvalue weighted by molar-refractivity contribution is 0.148. The van der Waals surface area contributed by atoms with Crippen molar-refractivity contribution in [1.82, 2.24) is 0 Å². The Bertz CT molecular complexity index is 947. The average molecular weight is 425 g/mol. The molecule has 0 amide bonds. The van der Waals surface area contributed by atoms with Gasteiger partial charge in [0, 0.05) is 0 Å². The summed E-state index contributed by atoms with van der Waals surface area (Å²) in [5, 5.41) is 0. The van der Waals surface area contributed by atoms with Crippen molar-refractivity contribution in [3.05, 3.63) is 120 Å². The van der Waals surface area contributed by atoms with Gasteiger partial charge in [0.25, 0.3) is 0 Å². The first-order valence-electron chi connectivity index (χ1n) is 11.9. The van der Waals surface area contributed by atoms with Gasteiger partial charge in [-0.2, -0.15) is 0 Å². The fourth-order valence-corrected chi connectivity index (χ4v) is 3.75. The van der Waals surface area contributed by atoms with E-state index >= 15 is 0 Å². The van der Waals surface area contributed by atoms with Crippen LogP contribution < -0.4 is 0 Å². The second kappa shape index (κ2) is 13.5. The Morgan fingerprint density at radius 2 is 1.16 bits per heavy atom. The average Bonchev–Trinajstić information content (AvgIpc) is 2.84. The quantitative estimate of drug-likeness (QED) is 0.199. The van der Waals surface area contributed by atoms with Crippen LogP contribution in [0.25, 0.3) is 11.1 Å². The molecule has 0 aliphatic carbocycles. The molecule has 0 aliphatic heterocycles. The minimum atomic E-state index is 0.656. The summed E-state index contributed by atoms with van der Waals surface area (Å²) in [6.07, 6.45) is 12.8. The highest BCUT2D eigenvalue weighted by Crippen LogP contribution is 2.21. The molecule has 3 aromatic carbocycles. The highest BCUT2D eigenvalue weighted by atomic mass is 16.5. The molecule has 0 saturated heterocycles. The minimum absolute atomic E-state index is 0.656. The molecule has 0 N–H and O–H groups in total. The van der Waals surface area contributed by atoms with Crippen molar-refractivity contribution in [1.29, 1.82) is 0 Å². The van der Waals surface area contributed by atoms with Crippen molar-refractivity contribution >= 4 is 0 Å². The van der Waals surface area contributed by atoms with Crippen molar-refractivity contribution in [2.24, 2.45) is 0 Å². The number of rotatable bonds is 13. The van der Waals surface area contributed by atoms with Gasteiger partial charge in [-0.1, -0.05) is 97.9 Å². The molecule has 1 nitrogen and oxygen atoms in total. The summed E-state index contributed by atoms with van der Waals surface area (Å²) in [4.78, 5) is 0. The number of aryl methyl sites for hydroxylation is 3. The van der Waals surface area contributed by atoms with Crippen LogP contribution in [0, 0.1) is 0 Å². The molecule has 166 valence electrons. The molecule has 0 heterocycles. The first kappa shape index (κ1) is 23.8. The Morgan fingerprint density at radius 1 is 0.656 bits per heavy atom. The fourth-order valence-electron chi connectivity index (χ4n) is 3.75. The van der Waals surface area contributed by atoms with E-state index in [0.29, 0.717) is 13.2 Å². The van der Waals surface area contributed by atoms with Crippen molar-refractivity contribution in [2.75, 3.05) is 6.61 Å². The molecule has 0 atom stereocenters. The number of hydrogen-bond donors (Lipinski definition) is 0. The summed E-state index contributed by atoms with van der Waals surface area (Å²) >= 11 is 0. The summed E-state index contributed by atoms with van der Waals surface area (Å²) in [7, 11) is 0. The normalized spacial score (nSPS) is 11.2. The Morgan fingerprint density at radius 3 is 1.69 bits per heavy atom. The summed E-state index contributed by atoms with van der Waals surface area (Å²) in [5.41, 5.74) is 7.93. The summed E-state index contributed by atoms with van der Waals surface area (Å²) in [6.45, 7) is 7.26. The molecule has 0 radical (unpaired) electrons. The van der Waals surface area contributed by atoms with Crippen LogP contribution in [-0.2, 0) is 30.6 Å². The third-order valence-electron chi connectivity index (χ3n) is 5.73. The highest BCUT2D eigenvalue weighted by Gasteiger charge is 2.01. The molecule has 0 aromatic heterocycles. The number of ether oxygens (including phenoxy) is 1. The van der Waals surface area contributed by atoms with E-state index in [4.69, 9.17) is 4.74 Å². The molecular formula is C31H36O. The van der Waals surface area contributed by atoms with Crippen LogP contribution in [0.3, 0.4) is 0 Å². The van der Waals surface area contributed by atoms with Crippen LogP contribution in [0.15, 0.2) is 97.6 Å². The maximum atomic E-state index is 5.68. The smallest absolute Gasteiger partial charge is 0.0721 e. The summed E-state index contributed by atoms with van der Waals surface area (Å²) in [5.74, 6) is 0. The number of benzene rings is 3. The summed E-state index contributed by atoms with van der Waals surface area (Å²) < 4.78 is 5.68. The minimum Gasteiger partial charge on any atom is -0.373 e. The zero-order valence-corrected chi connectivity index (χ0v) is 19.4. The second-order valence-electron chi connectivity index (χ2n) is 8.29. The lowest BCUT2D eigenvalue weighted by Gasteiger charge is -2.07. The number of hydrogen-bond acceptors (Lipinski definition) is 1. The zero-order chi connectivity index (χ0) is 22.4. The molecule has 0 saturated carbocycles. The Labute approximate surface area is 194 Å². The van der Waals surface area contributed by atoms with Gasteiger partial charge in [-0.25, -0.2) is 0 Å². The standard InChI is InChI=1S/C31H36O/c1-3-5-7-9-26-10-12-27(13-11-26)14-15-28-16-20-30(21-17-28)31-22-18-29(19-23-31)25-32-24-8-6-4-2/h3,6,8,10-13,16-23H,1,4-5,7,9,14-15,24-25H2,2H3/b8-6+. The number of allylic oxidation sites excluding steroid dienone is 2. The molecule has 3 rings (SSSR count). The van der Waals surface area contributed by atoms with Crippen molar-refractivity contribution in [3.63, 3.8) is 0 Å². The largest absolute Gasteiger partial charge is 0.373 e. The molecule has 3 aromatic rings. The SMILES string of the molecule is C=CCCCc1ccc(CCc2ccc(-c3ccc(COC/C=C/CC)cc3)cc2)cc1. The van der Waals surface area contributed by atoms with Gasteiger partial charge >= 0.3 is 0 Å². The van der Waals surface area contributed by atoms with E-state index in [-0.39, 0.29) is 0 Å². The van der Waals surface area contributed by atoms with Crippen molar-refractivity contribution in [2.45, 2.75) is 52.1 Å². The van der Waals surface area contributed by atoms with Gasteiger partial charge in [0.2, 0.25) is 0 Å². The third kappa shape index (κ3) is 7.98. The highest BCUT2D eigenvalue weighted by molar-refractivity contribution is 5.64. The Hall–Kier alpha value is -2.90. The monoisotopic (exact) mass is 424 g/mol. The van der Waals surface area contributed by atoms with Gasteiger partial charge in [0.05, 0.1) is 13.2 Å². The molecule has 1 heteroatoms. The number of unbranched alkanes of at least 4 members (excludes halogenated alkanes) is 1. The van der Waals surface area contributed by atoms with Crippen LogP contribution in [0.5, 0.6) is 0 Å². The van der Waals surface area contributed by atoms with E-state index in [9.17, 15) is 0 Å². The van der Waals surface area contributed by atoms with Crippen LogP contribution in [0.4, 0.5) is 0 Å². The van der Waals surface area contributed by atoms with Crippen LogP contribution in [0.2, 0.25) is 0 Å². The van der Waals surface area contributed by atoms with E-state index in [1.807, 2.05) is 6.08 Å². The zero-order valence-electron chi connectivity index (χ0n) is 19.4. The predicted molar refractivity (Wildman–Crippen MR) is 138 cm³/mol. The third-order valence-corrected chi connectivity index (χ3v) is 5.73. The molecule has 0 bridgehead atoms. The van der Waals surface area contributed by atoms with Crippen LogP contribution in [-0.4, -0.2) is 6.61 Å². The van der Waals surface area contributed by atoms with Gasteiger partial charge in [-0.15, -0.1) is 6.58 Å². The van der Waals surface area contributed by atoms with Crippen LogP contribution in [0.1, 0.15) is 48.4 Å². The van der Waals surface area contributed by atoms with Crippen LogP contribution >= 0.6 is 0 Å². The van der Waals surface area contributed by atoms with E-state index < -0.39 is 0 Å². The van der Waals surface area contributed by atoms with Gasteiger partial charge in [-0.3, -0.25) is 0 Å². The molecule has 0 fully saturated rings. The molecule has 0 aliphatic rings. The maximum absolute atomic E-state index is 5.68. The van der Waals surface area contributed by atoms with Gasteiger partial charge in [0.1, 0.15) is 0 Å². The lowest BCUT2D eigenvalue weighted by Crippen LogP contribution is -1.93. The van der Waals surface area contributed by atoms with Gasteiger partial charge in [0.15, 0.2) is 0 Å². The molecular weight excluding hydrogens is 388 g/mol. The van der Waals surface area contributed by atoms with Crippen molar-refractivity contribution < 1.29 is 4.74 Å². The Balaban J connectivity index is 1.47. The van der Waals surface area contributed by atoms with E-state index in [0.717, 1.165) is 32.1 Å². The topological polar surface area (TPSA) is 9.23 Å². The van der Waals surface area contributed by atoms with E-state index in [1.165, 1.54) is 39.8 Å².